The Labute approximate surface area is 664 Å². The van der Waals surface area contributed by atoms with Crippen molar-refractivity contribution in [2.45, 2.75) is 327 Å². The molecule has 0 unspecified atom stereocenters. The van der Waals surface area contributed by atoms with Crippen LogP contribution in [0.15, 0.2) is 146 Å². The topological polar surface area (TPSA) is 318 Å². The number of nitrogens with zero attached hydrogens (tertiary/aromatic N) is 3. The van der Waals surface area contributed by atoms with E-state index in [0.717, 1.165) is 51.5 Å². The fraction of sp³-hybridized carbons (Fsp3) is 0.588. The van der Waals surface area contributed by atoms with Gasteiger partial charge in [-0.15, -0.1) is 0 Å². The van der Waals surface area contributed by atoms with Gasteiger partial charge in [0.25, 0.3) is 0 Å². The summed E-state index contributed by atoms with van der Waals surface area (Å²) in [5.41, 5.74) is 4.12. The molecule has 11 N–H and O–H groups in total. The van der Waals surface area contributed by atoms with Gasteiger partial charge in [0, 0.05) is 60.4 Å². The van der Waals surface area contributed by atoms with Gasteiger partial charge < -0.3 is 20.8 Å². The number of aromatic nitrogens is 4. The van der Waals surface area contributed by atoms with Crippen LogP contribution in [-0.2, 0) is 41.4 Å². The first-order chi connectivity index (χ1) is 48.3. The lowest BCUT2D eigenvalue weighted by molar-refractivity contribution is -0.137. The molecule has 0 aliphatic carbocycles. The molecule has 21 heteroatoms. The summed E-state index contributed by atoms with van der Waals surface area (Å²) in [7, 11) is -9.50. The normalized spacial score (nSPS) is 7.28. The number of aromatic amines is 1. The van der Waals surface area contributed by atoms with Crippen molar-refractivity contribution >= 4 is 91.5 Å². The summed E-state index contributed by atoms with van der Waals surface area (Å²) in [5, 5.41) is 26.2. The molecule has 0 radical (unpaired) electrons. The maximum atomic E-state index is 11.1. The number of hydrogen-bond acceptors (Lipinski definition) is 10. The number of nitrogens with two attached hydrogens (primary N) is 3. The molecule has 4 aromatic heterocycles. The van der Waals surface area contributed by atoms with Crippen molar-refractivity contribution in [3.05, 3.63) is 146 Å². The van der Waals surface area contributed by atoms with E-state index in [0.29, 0.717) is 0 Å². The Bertz CT molecular complexity index is 2830. The molecule has 0 fully saturated rings. The molecule has 0 spiro atoms. The number of carboxylic acid groups (broad SMARTS) is 1. The quantitative estimate of drug-likeness (QED) is 0.0945. The number of para-hydroxylation sites is 4. The van der Waals surface area contributed by atoms with E-state index in [2.05, 4.69) is 38.6 Å². The van der Waals surface area contributed by atoms with Crippen LogP contribution in [-0.4, -0.2) is 85.6 Å². The van der Waals surface area contributed by atoms with Gasteiger partial charge in [0.15, 0.2) is 0 Å². The average Bonchev–Trinajstić information content (AvgIpc) is 1.70. The van der Waals surface area contributed by atoms with Crippen LogP contribution in [0.4, 0.5) is 0 Å². The van der Waals surface area contributed by atoms with Crippen LogP contribution in [0.1, 0.15) is 330 Å². The predicted octanol–water partition coefficient (Wildman–Crippen LogP) is 28.4. The van der Waals surface area contributed by atoms with Crippen molar-refractivity contribution in [3.63, 3.8) is 0 Å². The highest BCUT2D eigenvalue weighted by atomic mass is 32.2. The second-order valence-corrected chi connectivity index (χ2v) is 18.0. The Morgan fingerprint density at radius 3 is 0.726 bits per heavy atom. The molecule has 0 saturated heterocycles. The molecule has 0 aliphatic heterocycles. The number of hydrogen-bond donors (Lipinski definition) is 6. The second-order valence-electron chi connectivity index (χ2n) is 13.0. The van der Waals surface area contributed by atoms with Crippen LogP contribution < -0.4 is 21.6 Å². The first kappa shape index (κ1) is 169. The van der Waals surface area contributed by atoms with Gasteiger partial charge in [-0.2, -0.15) is 0 Å². The number of H-pyrrole nitrogens is 1. The number of nitrogens with one attached hydrogen (secondary N) is 1. The van der Waals surface area contributed by atoms with Crippen LogP contribution in [0, 0.1) is 0 Å². The number of carboxylic acids is 1. The van der Waals surface area contributed by atoms with Gasteiger partial charge in [0.1, 0.15) is 6.54 Å². The van der Waals surface area contributed by atoms with Crippen LogP contribution >= 0.6 is 0 Å². The van der Waals surface area contributed by atoms with Gasteiger partial charge in [-0.25, -0.2) is 40.7 Å². The number of primary sulfonamides is 3. The summed E-state index contributed by atoms with van der Waals surface area (Å²) < 4.78 is 61.5. The number of aliphatic carboxylic acids is 1. The zero-order chi connectivity index (χ0) is 86.0. The third kappa shape index (κ3) is 133. The average molecular weight is 1580 g/mol. The summed E-state index contributed by atoms with van der Waals surface area (Å²) in [6.45, 7) is 83.1. The number of carbonyl (C=O) groups is 3. The van der Waals surface area contributed by atoms with E-state index >= 15 is 0 Å². The maximum Gasteiger partial charge on any atom is 0.323 e. The minimum atomic E-state index is -3.17. The molecular formula is C85H188N8O10S3. The standard InChI is InChI=1S/C10H9NO2.2C10H9NO.C8H7N.20C2H6.3CH5NO2S.4CH4.H3N/c12-10(13)7-11-6-5-8-3-1-2-4-9(8)11;2*1-8(12)11-7-6-9-4-2-3-5-10(9)11;1-2-4-8-7(3-1)5-6-9-8;20*1-2;3*1-5(2,3)4;;;;;/h1-6H,7H2,(H,12,13);2*2-7H,1H3;1-6,9H;20*1-2H3;3*1H3,(H2,2,3,4);4*1H4;1H3. The molecule has 0 saturated carbocycles. The molecule has 0 atom stereocenters. The van der Waals surface area contributed by atoms with Crippen molar-refractivity contribution in [2.24, 2.45) is 15.4 Å². The molecule has 4 aromatic carbocycles. The van der Waals surface area contributed by atoms with Gasteiger partial charge in [-0.1, -0.05) is 379 Å². The van der Waals surface area contributed by atoms with Crippen molar-refractivity contribution in [3.8, 4) is 0 Å². The molecular weight excluding hydrogens is 1390 g/mol. The lowest BCUT2D eigenvalue weighted by Crippen LogP contribution is -2.07. The summed E-state index contributed by atoms with van der Waals surface area (Å²) in [5.74, 6) is -0.714. The van der Waals surface area contributed by atoms with E-state index in [-0.39, 0.29) is 54.2 Å². The van der Waals surface area contributed by atoms with Gasteiger partial charge in [0.05, 0.1) is 29.8 Å². The van der Waals surface area contributed by atoms with Gasteiger partial charge in [-0.3, -0.25) is 23.5 Å². The maximum absolute atomic E-state index is 11.1. The van der Waals surface area contributed by atoms with Crippen LogP contribution in [0.2, 0.25) is 0 Å². The van der Waals surface area contributed by atoms with Crippen LogP contribution in [0.25, 0.3) is 43.6 Å². The third-order valence-electron chi connectivity index (χ3n) is 7.33. The van der Waals surface area contributed by atoms with Crippen molar-refractivity contribution in [1.29, 1.82) is 0 Å². The minimum Gasteiger partial charge on any atom is -0.480 e. The van der Waals surface area contributed by atoms with Gasteiger partial charge in [0.2, 0.25) is 41.9 Å². The SMILES string of the molecule is C.C.C.C.CC.CC.CC.CC.CC.CC.CC.CC.CC.CC.CC.CC.CC.CC.CC.CC.CC.CC.CC.CC.CC(=O)n1ccc2ccccc21.CC(=O)n1ccc2ccccc21.CS(N)(=O)=O.CS(N)(=O)=O.CS(N)(=O)=O.N.O=C(O)Cn1ccc2ccccc21.c1ccc2[nH]ccc2c1. The van der Waals surface area contributed by atoms with E-state index in [1.54, 1.807) is 46.1 Å². The molecule has 0 bridgehead atoms. The van der Waals surface area contributed by atoms with Crippen molar-refractivity contribution in [1.82, 2.24) is 24.8 Å². The molecule has 18 nitrogen and oxygen atoms in total. The Kier molecular flexibility index (Phi) is 237. The van der Waals surface area contributed by atoms with Crippen LogP contribution in [0.3, 0.4) is 0 Å². The molecule has 8 aromatic rings. The fourth-order valence-corrected chi connectivity index (χ4v) is 5.13. The summed E-state index contributed by atoms with van der Waals surface area (Å²) >= 11 is 0. The Hall–Kier alpha value is -6.46. The van der Waals surface area contributed by atoms with E-state index in [9.17, 15) is 39.6 Å². The predicted molar refractivity (Wildman–Crippen MR) is 500 cm³/mol. The highest BCUT2D eigenvalue weighted by Crippen LogP contribution is 2.16. The second kappa shape index (κ2) is 148. The van der Waals surface area contributed by atoms with Crippen molar-refractivity contribution < 1.29 is 44.7 Å². The van der Waals surface area contributed by atoms with E-state index in [1.165, 1.54) is 10.9 Å². The minimum absolute atomic E-state index is 0. The molecule has 8 rings (SSSR count). The fourth-order valence-electron chi connectivity index (χ4n) is 5.13. The monoisotopic (exact) mass is 1580 g/mol. The summed E-state index contributed by atoms with van der Waals surface area (Å²) in [4.78, 5) is 35.8. The summed E-state index contributed by atoms with van der Waals surface area (Å²) in [6, 6.07) is 39.5. The smallest absolute Gasteiger partial charge is 0.323 e. The zero-order valence-corrected chi connectivity index (χ0v) is 77.1. The summed E-state index contributed by atoms with van der Waals surface area (Å²) in [6.07, 6.45) is 10.1. The largest absolute Gasteiger partial charge is 0.480 e. The Morgan fingerprint density at radius 1 is 0.321 bits per heavy atom. The lowest BCUT2D eigenvalue weighted by Gasteiger charge is -1.99. The highest BCUT2D eigenvalue weighted by Gasteiger charge is 2.04. The Morgan fingerprint density at radius 2 is 0.509 bits per heavy atom. The van der Waals surface area contributed by atoms with E-state index in [1.807, 2.05) is 386 Å². The Balaban J connectivity index is -0.0000000314. The first-order valence-electron chi connectivity index (χ1n) is 37.7. The number of carbonyl (C=O) groups excluding carboxylic acids is 2. The van der Waals surface area contributed by atoms with E-state index < -0.39 is 36.0 Å². The molecule has 106 heavy (non-hydrogen) atoms. The number of benzene rings is 4. The number of rotatable bonds is 2. The third-order valence-corrected chi connectivity index (χ3v) is 7.33. The van der Waals surface area contributed by atoms with Crippen LogP contribution in [0.5, 0.6) is 0 Å². The molecule has 4 heterocycles. The molecule has 646 valence electrons. The lowest BCUT2D eigenvalue weighted by atomic mass is 10.2. The van der Waals surface area contributed by atoms with Gasteiger partial charge >= 0.3 is 5.97 Å². The zero-order valence-electron chi connectivity index (χ0n) is 74.7. The number of sulfonamides is 3. The highest BCUT2D eigenvalue weighted by molar-refractivity contribution is 7.88. The number of fused-ring (bicyclic) bond motifs is 4. The first-order valence-corrected chi connectivity index (χ1v) is 43.5. The molecule has 0 aliphatic rings. The van der Waals surface area contributed by atoms with E-state index in [4.69, 9.17) is 5.11 Å². The van der Waals surface area contributed by atoms with Crippen molar-refractivity contribution in [2.75, 3.05) is 18.8 Å². The van der Waals surface area contributed by atoms with Gasteiger partial charge in [-0.05, 0) is 59.3 Å². The molecule has 0 amide bonds.